The Labute approximate surface area is 261 Å². The van der Waals surface area contributed by atoms with Gasteiger partial charge in [-0.3, -0.25) is 9.59 Å². The van der Waals surface area contributed by atoms with Crippen LogP contribution in [-0.2, 0) is 0 Å². The molecule has 6 rings (SSSR count). The van der Waals surface area contributed by atoms with Crippen molar-refractivity contribution in [2.24, 2.45) is 0 Å². The summed E-state index contributed by atoms with van der Waals surface area (Å²) < 4.78 is 10.8. The molecule has 8 nitrogen and oxygen atoms in total. The monoisotopic (exact) mass is 596 g/mol. The van der Waals surface area contributed by atoms with Crippen LogP contribution >= 0.6 is 0 Å². The van der Waals surface area contributed by atoms with E-state index in [0.717, 1.165) is 21.9 Å². The van der Waals surface area contributed by atoms with Crippen molar-refractivity contribution in [3.63, 3.8) is 0 Å². The van der Waals surface area contributed by atoms with E-state index in [1.54, 1.807) is 26.4 Å². The Morgan fingerprint density at radius 3 is 1.64 bits per heavy atom. The predicted octanol–water partition coefficient (Wildman–Crippen LogP) is 6.68. The van der Waals surface area contributed by atoms with Crippen LogP contribution in [0.3, 0.4) is 0 Å². The van der Waals surface area contributed by atoms with Gasteiger partial charge in [-0.05, 0) is 55.5 Å². The molecule has 0 saturated heterocycles. The second-order valence-corrected chi connectivity index (χ2v) is 10.7. The van der Waals surface area contributed by atoms with Crippen LogP contribution in [0.2, 0.25) is 0 Å². The molecule has 0 spiro atoms. The molecule has 0 bridgehead atoms. The number of ether oxygens (including phenoxy) is 2. The number of nitrogens with zero attached hydrogens (tertiary/aromatic N) is 2. The van der Waals surface area contributed by atoms with E-state index < -0.39 is 0 Å². The van der Waals surface area contributed by atoms with E-state index in [1.807, 2.05) is 104 Å². The van der Waals surface area contributed by atoms with Crippen LogP contribution in [-0.4, -0.2) is 48.6 Å². The van der Waals surface area contributed by atoms with Gasteiger partial charge in [0.25, 0.3) is 11.8 Å². The molecule has 2 aromatic heterocycles. The Morgan fingerprint density at radius 1 is 0.644 bits per heavy atom. The first kappa shape index (κ1) is 29.3. The summed E-state index contributed by atoms with van der Waals surface area (Å²) in [5.41, 5.74) is 5.42. The van der Waals surface area contributed by atoms with Gasteiger partial charge in [-0.25, -0.2) is 9.97 Å². The Balaban J connectivity index is 1.22. The third-order valence-electron chi connectivity index (χ3n) is 7.60. The molecular formula is C37H32N4O4. The standard InChI is InChI=1S/C37H32N4O4/c1-23(39-37(43)31-21-35(25-11-9-13-27(19-25)45-3)41-33-17-7-5-15-29(31)33)22-38-36(42)30-20-34(24-10-8-12-26(18-24)44-2)40-32-16-6-4-14-28(30)32/h4-21,23H,22H2,1-3H3,(H,38,42)(H,39,43)/t23-/m1/s1. The van der Waals surface area contributed by atoms with Crippen molar-refractivity contribution in [1.29, 1.82) is 0 Å². The minimum atomic E-state index is -0.361. The summed E-state index contributed by atoms with van der Waals surface area (Å²) in [5.74, 6) is 0.897. The van der Waals surface area contributed by atoms with Crippen LogP contribution in [0.5, 0.6) is 11.5 Å². The predicted molar refractivity (Wildman–Crippen MR) is 177 cm³/mol. The minimum Gasteiger partial charge on any atom is -0.497 e. The number of nitrogens with one attached hydrogen (secondary N) is 2. The number of carbonyl (C=O) groups is 2. The van der Waals surface area contributed by atoms with E-state index in [4.69, 9.17) is 19.4 Å². The molecule has 0 aliphatic carbocycles. The van der Waals surface area contributed by atoms with Crippen molar-refractivity contribution in [2.45, 2.75) is 13.0 Å². The molecular weight excluding hydrogens is 564 g/mol. The number of aromatic nitrogens is 2. The second kappa shape index (κ2) is 12.9. The van der Waals surface area contributed by atoms with E-state index >= 15 is 0 Å². The fourth-order valence-electron chi connectivity index (χ4n) is 5.28. The Bertz CT molecular complexity index is 2040. The number of methoxy groups -OCH3 is 2. The van der Waals surface area contributed by atoms with Gasteiger partial charge >= 0.3 is 0 Å². The molecule has 2 amide bonds. The number of rotatable bonds is 9. The topological polar surface area (TPSA) is 102 Å². The van der Waals surface area contributed by atoms with Gasteiger partial charge in [-0.1, -0.05) is 60.7 Å². The van der Waals surface area contributed by atoms with Gasteiger partial charge in [0, 0.05) is 34.5 Å². The van der Waals surface area contributed by atoms with E-state index in [0.29, 0.717) is 45.0 Å². The third-order valence-corrected chi connectivity index (χ3v) is 7.60. The van der Waals surface area contributed by atoms with Crippen molar-refractivity contribution in [2.75, 3.05) is 20.8 Å². The lowest BCUT2D eigenvalue weighted by molar-refractivity contribution is 0.0914. The SMILES string of the molecule is COc1cccc(-c2cc(C(=O)NC[C@@H](C)NC(=O)c3cc(-c4cccc(OC)c4)nc4ccccc34)c3ccccc3n2)c1. The van der Waals surface area contributed by atoms with Gasteiger partial charge in [0.2, 0.25) is 0 Å². The van der Waals surface area contributed by atoms with Crippen LogP contribution < -0.4 is 20.1 Å². The largest absolute Gasteiger partial charge is 0.497 e. The molecule has 0 fully saturated rings. The van der Waals surface area contributed by atoms with Gasteiger partial charge in [0.1, 0.15) is 11.5 Å². The number of amides is 2. The highest BCUT2D eigenvalue weighted by molar-refractivity contribution is 6.08. The van der Waals surface area contributed by atoms with Crippen LogP contribution in [0.25, 0.3) is 44.3 Å². The molecule has 0 saturated carbocycles. The number of hydrogen-bond donors (Lipinski definition) is 2. The highest BCUT2D eigenvalue weighted by Crippen LogP contribution is 2.29. The average Bonchev–Trinajstić information content (AvgIpc) is 3.09. The molecule has 2 heterocycles. The van der Waals surface area contributed by atoms with Gasteiger partial charge in [-0.2, -0.15) is 0 Å². The smallest absolute Gasteiger partial charge is 0.252 e. The number of hydrogen-bond acceptors (Lipinski definition) is 6. The number of fused-ring (bicyclic) bond motifs is 2. The van der Waals surface area contributed by atoms with Gasteiger partial charge < -0.3 is 20.1 Å². The van der Waals surface area contributed by atoms with Crippen molar-refractivity contribution < 1.29 is 19.1 Å². The lowest BCUT2D eigenvalue weighted by atomic mass is 10.0. The average molecular weight is 597 g/mol. The normalized spacial score (nSPS) is 11.6. The van der Waals surface area contributed by atoms with Gasteiger partial charge in [-0.15, -0.1) is 0 Å². The number of carbonyl (C=O) groups excluding carboxylic acids is 2. The molecule has 0 unspecified atom stereocenters. The van der Waals surface area contributed by atoms with Crippen molar-refractivity contribution in [3.05, 3.63) is 120 Å². The summed E-state index contributed by atoms with van der Waals surface area (Å²) in [6.07, 6.45) is 0. The maximum Gasteiger partial charge on any atom is 0.252 e. The minimum absolute atomic E-state index is 0.224. The summed E-state index contributed by atoms with van der Waals surface area (Å²) in [5, 5.41) is 7.54. The summed E-state index contributed by atoms with van der Waals surface area (Å²) >= 11 is 0. The zero-order chi connectivity index (χ0) is 31.3. The lowest BCUT2D eigenvalue weighted by Gasteiger charge is -2.17. The zero-order valence-corrected chi connectivity index (χ0v) is 25.2. The highest BCUT2D eigenvalue weighted by Gasteiger charge is 2.18. The fraction of sp³-hybridized carbons (Fsp3) is 0.135. The molecule has 8 heteroatoms. The van der Waals surface area contributed by atoms with Gasteiger partial charge in [0.15, 0.2) is 0 Å². The van der Waals surface area contributed by atoms with Crippen molar-refractivity contribution >= 4 is 33.6 Å². The Kier molecular flexibility index (Phi) is 8.37. The Hall–Kier alpha value is -5.76. The van der Waals surface area contributed by atoms with E-state index in [9.17, 15) is 9.59 Å². The second-order valence-electron chi connectivity index (χ2n) is 10.7. The van der Waals surface area contributed by atoms with Crippen molar-refractivity contribution in [1.82, 2.24) is 20.6 Å². The molecule has 1 atom stereocenters. The summed E-state index contributed by atoms with van der Waals surface area (Å²) in [6.45, 7) is 2.08. The summed E-state index contributed by atoms with van der Waals surface area (Å²) in [7, 11) is 3.23. The van der Waals surface area contributed by atoms with Gasteiger partial charge in [0.05, 0.1) is 47.8 Å². The van der Waals surface area contributed by atoms with Crippen LogP contribution in [0.4, 0.5) is 0 Å². The molecule has 0 aliphatic rings. The van der Waals surface area contributed by atoms with E-state index in [1.165, 1.54) is 0 Å². The fourth-order valence-corrected chi connectivity index (χ4v) is 5.28. The first-order valence-electron chi connectivity index (χ1n) is 14.6. The summed E-state index contributed by atoms with van der Waals surface area (Å²) in [6, 6.07) is 33.5. The lowest BCUT2D eigenvalue weighted by Crippen LogP contribution is -2.42. The third kappa shape index (κ3) is 6.31. The Morgan fingerprint density at radius 2 is 1.13 bits per heavy atom. The molecule has 2 N–H and O–H groups in total. The highest BCUT2D eigenvalue weighted by atomic mass is 16.5. The molecule has 4 aromatic carbocycles. The van der Waals surface area contributed by atoms with Crippen LogP contribution in [0.1, 0.15) is 27.6 Å². The first-order valence-corrected chi connectivity index (χ1v) is 14.6. The van der Waals surface area contributed by atoms with Crippen LogP contribution in [0.15, 0.2) is 109 Å². The maximum absolute atomic E-state index is 13.6. The van der Waals surface area contributed by atoms with Crippen LogP contribution in [0, 0.1) is 0 Å². The zero-order valence-electron chi connectivity index (χ0n) is 25.2. The molecule has 0 aliphatic heterocycles. The number of pyridine rings is 2. The van der Waals surface area contributed by atoms with Crippen molar-refractivity contribution in [3.8, 4) is 34.0 Å². The molecule has 45 heavy (non-hydrogen) atoms. The van der Waals surface area contributed by atoms with E-state index in [-0.39, 0.29) is 24.4 Å². The molecule has 0 radical (unpaired) electrons. The molecule has 224 valence electrons. The quantitative estimate of drug-likeness (QED) is 0.193. The summed E-state index contributed by atoms with van der Waals surface area (Å²) in [4.78, 5) is 36.8. The molecule has 6 aromatic rings. The first-order chi connectivity index (χ1) is 21.9. The number of para-hydroxylation sites is 2. The maximum atomic E-state index is 13.6. The number of benzene rings is 4. The van der Waals surface area contributed by atoms with E-state index in [2.05, 4.69) is 10.6 Å².